The lowest BCUT2D eigenvalue weighted by molar-refractivity contribution is 0.0977. The third kappa shape index (κ3) is 2.88. The molecule has 2 nitrogen and oxygen atoms in total. The lowest BCUT2D eigenvalue weighted by Gasteiger charge is -2.12. The number of benzene rings is 2. The Morgan fingerprint density at radius 3 is 2.60 bits per heavy atom. The Morgan fingerprint density at radius 2 is 2.00 bits per heavy atom. The summed E-state index contributed by atoms with van der Waals surface area (Å²) in [6, 6.07) is 13.3. The minimum Gasteiger partial charge on any atom is -0.292 e. The van der Waals surface area contributed by atoms with Gasteiger partial charge in [0.25, 0.3) is 0 Å². The maximum absolute atomic E-state index is 13.1. The second kappa shape index (κ2) is 6.14. The molecular weight excluding hydrogens is 368 g/mol. The number of aryl methyl sites for hydroxylation is 1. The van der Waals surface area contributed by atoms with Gasteiger partial charge in [-0.15, -0.1) is 0 Å². The van der Waals surface area contributed by atoms with Crippen LogP contribution < -0.4 is 0 Å². The first-order valence-electron chi connectivity index (χ1n) is 5.99. The van der Waals surface area contributed by atoms with Crippen LogP contribution in [0.25, 0.3) is 0 Å². The summed E-state index contributed by atoms with van der Waals surface area (Å²) in [4.78, 5) is 12.5. The highest BCUT2D eigenvalue weighted by atomic mass is 127. The molecule has 0 saturated heterocycles. The number of carbonyl (C=O) groups excluding carboxylic acids is 1. The van der Waals surface area contributed by atoms with Crippen molar-refractivity contribution in [2.45, 2.75) is 12.8 Å². The van der Waals surface area contributed by atoms with Gasteiger partial charge < -0.3 is 0 Å². The molecule has 0 aliphatic rings. The molecular formula is C16H11FINO. The summed E-state index contributed by atoms with van der Waals surface area (Å²) in [5, 5.41) is 9.33. The highest BCUT2D eigenvalue weighted by Crippen LogP contribution is 2.26. The number of Topliss-reactive ketones (excluding diaryl/α,β-unsaturated/α-hetero) is 1. The minimum absolute atomic E-state index is 0.300. The lowest BCUT2D eigenvalue weighted by atomic mass is 9.89. The number of hydrogen-bond acceptors (Lipinski definition) is 2. The molecule has 100 valence electrons. The summed E-state index contributed by atoms with van der Waals surface area (Å²) < 4.78 is 13.6. The number of halogens is 2. The molecule has 0 heterocycles. The lowest BCUT2D eigenvalue weighted by Crippen LogP contribution is -2.14. The van der Waals surface area contributed by atoms with Gasteiger partial charge in [0.05, 0.1) is 6.07 Å². The first-order valence-corrected chi connectivity index (χ1v) is 7.07. The summed E-state index contributed by atoms with van der Waals surface area (Å²) >= 11 is 1.91. The van der Waals surface area contributed by atoms with Crippen LogP contribution in [0.3, 0.4) is 0 Å². The molecule has 0 fully saturated rings. The molecule has 20 heavy (non-hydrogen) atoms. The normalized spacial score (nSPS) is 11.7. The van der Waals surface area contributed by atoms with Crippen LogP contribution in [0, 0.1) is 27.6 Å². The van der Waals surface area contributed by atoms with Crippen molar-refractivity contribution in [1.82, 2.24) is 0 Å². The van der Waals surface area contributed by atoms with Crippen LogP contribution in [0.2, 0.25) is 0 Å². The molecule has 0 aromatic heterocycles. The van der Waals surface area contributed by atoms with E-state index in [1.165, 1.54) is 18.2 Å². The summed E-state index contributed by atoms with van der Waals surface area (Å²) in [6.07, 6.45) is 0. The average molecular weight is 379 g/mol. The summed E-state index contributed by atoms with van der Waals surface area (Å²) in [5.41, 5.74) is 1.96. The van der Waals surface area contributed by atoms with Gasteiger partial charge in [-0.25, -0.2) is 4.39 Å². The van der Waals surface area contributed by atoms with Gasteiger partial charge in [-0.1, -0.05) is 24.3 Å². The van der Waals surface area contributed by atoms with Gasteiger partial charge >= 0.3 is 0 Å². The SMILES string of the molecule is Cc1ccccc1C(C#N)C(=O)c1ccc(F)cc1I. The van der Waals surface area contributed by atoms with Gasteiger partial charge in [-0.2, -0.15) is 5.26 Å². The van der Waals surface area contributed by atoms with Crippen LogP contribution in [0.1, 0.15) is 27.4 Å². The molecule has 0 spiro atoms. The molecule has 2 aromatic rings. The summed E-state index contributed by atoms with van der Waals surface area (Å²) in [7, 11) is 0. The number of ketones is 1. The average Bonchev–Trinajstić information content (AvgIpc) is 2.41. The smallest absolute Gasteiger partial charge is 0.185 e. The molecule has 0 bridgehead atoms. The number of hydrogen-bond donors (Lipinski definition) is 0. The zero-order chi connectivity index (χ0) is 14.7. The molecule has 0 saturated carbocycles. The number of nitriles is 1. The molecule has 1 atom stereocenters. The molecule has 2 rings (SSSR count). The van der Waals surface area contributed by atoms with E-state index < -0.39 is 11.7 Å². The fraction of sp³-hybridized carbons (Fsp3) is 0.125. The Labute approximate surface area is 130 Å². The molecule has 4 heteroatoms. The van der Waals surface area contributed by atoms with Crippen LogP contribution in [0.15, 0.2) is 42.5 Å². The van der Waals surface area contributed by atoms with Crippen molar-refractivity contribution in [3.8, 4) is 6.07 Å². The van der Waals surface area contributed by atoms with Crippen LogP contribution in [-0.2, 0) is 0 Å². The number of rotatable bonds is 3. The molecule has 0 aliphatic carbocycles. The molecule has 1 unspecified atom stereocenters. The third-order valence-corrected chi connectivity index (χ3v) is 3.98. The Balaban J connectivity index is 2.45. The first-order chi connectivity index (χ1) is 9.54. The predicted molar refractivity (Wildman–Crippen MR) is 83.0 cm³/mol. The second-order valence-electron chi connectivity index (χ2n) is 4.41. The molecule has 0 amide bonds. The van der Waals surface area contributed by atoms with E-state index in [0.717, 1.165) is 5.56 Å². The van der Waals surface area contributed by atoms with Gasteiger partial charge in [0.2, 0.25) is 0 Å². The van der Waals surface area contributed by atoms with Crippen LogP contribution in [0.4, 0.5) is 4.39 Å². The van der Waals surface area contributed by atoms with Crippen LogP contribution >= 0.6 is 22.6 Å². The van der Waals surface area contributed by atoms with E-state index in [1.807, 2.05) is 41.6 Å². The Kier molecular flexibility index (Phi) is 4.50. The second-order valence-corrected chi connectivity index (χ2v) is 5.57. The zero-order valence-corrected chi connectivity index (χ0v) is 12.9. The quantitative estimate of drug-likeness (QED) is 0.592. The van der Waals surface area contributed by atoms with E-state index in [2.05, 4.69) is 6.07 Å². The van der Waals surface area contributed by atoms with Gasteiger partial charge in [-0.3, -0.25) is 4.79 Å². The molecule has 0 aliphatic heterocycles. The van der Waals surface area contributed by atoms with Crippen molar-refractivity contribution < 1.29 is 9.18 Å². The van der Waals surface area contributed by atoms with E-state index >= 15 is 0 Å². The van der Waals surface area contributed by atoms with Gasteiger partial charge in [0.1, 0.15) is 11.7 Å². The number of carbonyl (C=O) groups is 1. The van der Waals surface area contributed by atoms with E-state index in [1.54, 1.807) is 12.1 Å². The highest BCUT2D eigenvalue weighted by Gasteiger charge is 2.24. The maximum Gasteiger partial charge on any atom is 0.185 e. The number of nitrogens with zero attached hydrogens (tertiary/aromatic N) is 1. The fourth-order valence-corrected chi connectivity index (χ4v) is 2.77. The van der Waals surface area contributed by atoms with E-state index in [4.69, 9.17) is 0 Å². The molecule has 0 N–H and O–H groups in total. The van der Waals surface area contributed by atoms with E-state index in [0.29, 0.717) is 14.7 Å². The first kappa shape index (κ1) is 14.7. The topological polar surface area (TPSA) is 40.9 Å². The fourth-order valence-electron chi connectivity index (χ4n) is 2.02. The van der Waals surface area contributed by atoms with Crippen molar-refractivity contribution in [2.75, 3.05) is 0 Å². The van der Waals surface area contributed by atoms with Crippen molar-refractivity contribution >= 4 is 28.4 Å². The van der Waals surface area contributed by atoms with Gasteiger partial charge in [0.15, 0.2) is 5.78 Å². The van der Waals surface area contributed by atoms with Crippen LogP contribution in [0.5, 0.6) is 0 Å². The van der Waals surface area contributed by atoms with E-state index in [-0.39, 0.29) is 5.78 Å². The van der Waals surface area contributed by atoms with Crippen molar-refractivity contribution in [2.24, 2.45) is 0 Å². The summed E-state index contributed by atoms with van der Waals surface area (Å²) in [6.45, 7) is 1.86. The van der Waals surface area contributed by atoms with Crippen molar-refractivity contribution in [3.05, 3.63) is 68.5 Å². The highest BCUT2D eigenvalue weighted by molar-refractivity contribution is 14.1. The monoisotopic (exact) mass is 379 g/mol. The van der Waals surface area contributed by atoms with Gasteiger partial charge in [0, 0.05) is 9.13 Å². The van der Waals surface area contributed by atoms with Gasteiger partial charge in [-0.05, 0) is 58.8 Å². The molecule has 0 radical (unpaired) electrons. The van der Waals surface area contributed by atoms with Crippen molar-refractivity contribution in [3.63, 3.8) is 0 Å². The minimum atomic E-state index is -0.866. The Morgan fingerprint density at radius 1 is 1.30 bits per heavy atom. The van der Waals surface area contributed by atoms with E-state index in [9.17, 15) is 14.4 Å². The predicted octanol–water partition coefficient (Wildman–Crippen LogP) is 4.23. The zero-order valence-electron chi connectivity index (χ0n) is 10.7. The maximum atomic E-state index is 13.1. The Hall–Kier alpha value is -1.74. The Bertz CT molecular complexity index is 706. The standard InChI is InChI=1S/C16H11FINO/c1-10-4-2-3-5-12(10)14(9-19)16(20)13-7-6-11(17)8-15(13)18/h2-8,14H,1H3. The largest absolute Gasteiger partial charge is 0.292 e. The van der Waals surface area contributed by atoms with Crippen molar-refractivity contribution in [1.29, 1.82) is 5.26 Å². The third-order valence-electron chi connectivity index (χ3n) is 3.09. The van der Waals surface area contributed by atoms with Crippen LogP contribution in [-0.4, -0.2) is 5.78 Å². The molecule has 2 aromatic carbocycles. The summed E-state index contributed by atoms with van der Waals surface area (Å²) in [5.74, 6) is -1.56.